The molecular formula is C17H26N2O2. The van der Waals surface area contributed by atoms with Gasteiger partial charge in [-0.3, -0.25) is 0 Å². The zero-order valence-electron chi connectivity index (χ0n) is 13.7. The van der Waals surface area contributed by atoms with Crippen molar-refractivity contribution in [3.05, 3.63) is 23.4 Å². The van der Waals surface area contributed by atoms with Gasteiger partial charge in [0.2, 0.25) is 0 Å². The Hall–Kier alpha value is -1.58. The second kappa shape index (κ2) is 5.32. The van der Waals surface area contributed by atoms with E-state index < -0.39 is 5.97 Å². The molecule has 0 bridgehead atoms. The van der Waals surface area contributed by atoms with E-state index in [-0.39, 0.29) is 10.8 Å². The van der Waals surface area contributed by atoms with Gasteiger partial charge in [-0.15, -0.1) is 0 Å². The molecular weight excluding hydrogens is 264 g/mol. The van der Waals surface area contributed by atoms with Crippen molar-refractivity contribution in [2.75, 3.05) is 18.0 Å². The highest BCUT2D eigenvalue weighted by molar-refractivity contribution is 5.88. The van der Waals surface area contributed by atoms with Crippen LogP contribution in [-0.4, -0.2) is 29.1 Å². The summed E-state index contributed by atoms with van der Waals surface area (Å²) in [5, 5.41) is 9.35. The first-order valence-electron chi connectivity index (χ1n) is 7.59. The van der Waals surface area contributed by atoms with Gasteiger partial charge in [-0.2, -0.15) is 0 Å². The molecule has 0 atom stereocenters. The summed E-state index contributed by atoms with van der Waals surface area (Å²) < 4.78 is 0. The van der Waals surface area contributed by atoms with Crippen LogP contribution >= 0.6 is 0 Å². The van der Waals surface area contributed by atoms with Crippen molar-refractivity contribution in [1.82, 2.24) is 4.98 Å². The fraction of sp³-hybridized carbons (Fsp3) is 0.647. The molecule has 0 aliphatic carbocycles. The zero-order chi connectivity index (χ0) is 15.8. The minimum absolute atomic E-state index is 0.161. The van der Waals surface area contributed by atoms with Crippen LogP contribution < -0.4 is 4.90 Å². The topological polar surface area (TPSA) is 53.4 Å². The second-order valence-corrected chi connectivity index (χ2v) is 7.84. The predicted octanol–water partition coefficient (Wildman–Crippen LogP) is 3.70. The fourth-order valence-corrected chi connectivity index (χ4v) is 2.80. The maximum atomic E-state index is 11.4. The van der Waals surface area contributed by atoms with Crippen LogP contribution in [-0.2, 0) is 5.41 Å². The molecule has 1 aliphatic heterocycles. The molecule has 0 aromatic carbocycles. The zero-order valence-corrected chi connectivity index (χ0v) is 13.7. The first kappa shape index (κ1) is 15.8. The van der Waals surface area contributed by atoms with Crippen molar-refractivity contribution in [2.24, 2.45) is 5.41 Å². The largest absolute Gasteiger partial charge is 0.478 e. The number of carboxylic acid groups (broad SMARTS) is 1. The van der Waals surface area contributed by atoms with E-state index in [1.165, 1.54) is 6.42 Å². The highest BCUT2D eigenvalue weighted by Crippen LogP contribution is 2.32. The van der Waals surface area contributed by atoms with Crippen LogP contribution in [0.2, 0.25) is 0 Å². The van der Waals surface area contributed by atoms with Gasteiger partial charge in [0.25, 0.3) is 0 Å². The summed E-state index contributed by atoms with van der Waals surface area (Å²) in [7, 11) is 0. The number of anilines is 1. The minimum atomic E-state index is -0.889. The summed E-state index contributed by atoms with van der Waals surface area (Å²) in [4.78, 5) is 18.4. The first-order chi connectivity index (χ1) is 9.58. The number of hydrogen-bond donors (Lipinski definition) is 1. The molecule has 116 valence electrons. The van der Waals surface area contributed by atoms with Gasteiger partial charge in [0, 0.05) is 24.2 Å². The first-order valence-corrected chi connectivity index (χ1v) is 7.59. The van der Waals surface area contributed by atoms with Crippen molar-refractivity contribution >= 4 is 11.8 Å². The Labute approximate surface area is 127 Å². The molecule has 0 unspecified atom stereocenters. The van der Waals surface area contributed by atoms with Crippen LogP contribution in [0.15, 0.2) is 12.1 Å². The van der Waals surface area contributed by atoms with Gasteiger partial charge in [-0.25, -0.2) is 9.78 Å². The SMILES string of the molecule is CC1(C)CCCN(c2cc(C(=O)O)cc(C(C)(C)C)n2)C1. The van der Waals surface area contributed by atoms with Crippen LogP contribution in [0, 0.1) is 5.41 Å². The number of aromatic carboxylic acids is 1. The number of nitrogens with zero attached hydrogens (tertiary/aromatic N) is 2. The fourth-order valence-electron chi connectivity index (χ4n) is 2.80. The molecule has 0 saturated carbocycles. The lowest BCUT2D eigenvalue weighted by Crippen LogP contribution is -2.40. The van der Waals surface area contributed by atoms with Gasteiger partial charge in [0.15, 0.2) is 0 Å². The van der Waals surface area contributed by atoms with E-state index in [9.17, 15) is 9.90 Å². The molecule has 1 N–H and O–H groups in total. The number of pyridine rings is 1. The van der Waals surface area contributed by atoms with Crippen LogP contribution in [0.5, 0.6) is 0 Å². The van der Waals surface area contributed by atoms with Gasteiger partial charge in [-0.05, 0) is 30.4 Å². The smallest absolute Gasteiger partial charge is 0.335 e. The Balaban J connectivity index is 2.43. The standard InChI is InChI=1S/C17H26N2O2/c1-16(2,3)13-9-12(15(20)21)10-14(18-13)19-8-6-7-17(4,5)11-19/h9-10H,6-8,11H2,1-5H3,(H,20,21). The molecule has 1 aliphatic rings. The van der Waals surface area contributed by atoms with Crippen molar-refractivity contribution in [3.63, 3.8) is 0 Å². The molecule has 1 saturated heterocycles. The Bertz CT molecular complexity index is 544. The number of aromatic nitrogens is 1. The molecule has 1 aromatic heterocycles. The van der Waals surface area contributed by atoms with Gasteiger partial charge in [0.05, 0.1) is 5.56 Å². The molecule has 21 heavy (non-hydrogen) atoms. The summed E-state index contributed by atoms with van der Waals surface area (Å²) in [5.74, 6) is -0.0898. The van der Waals surface area contributed by atoms with Crippen molar-refractivity contribution < 1.29 is 9.90 Å². The average Bonchev–Trinajstić information content (AvgIpc) is 2.36. The Morgan fingerprint density at radius 3 is 2.52 bits per heavy atom. The van der Waals surface area contributed by atoms with Crippen molar-refractivity contribution in [3.8, 4) is 0 Å². The number of rotatable bonds is 2. The van der Waals surface area contributed by atoms with Crippen LogP contribution in [0.4, 0.5) is 5.82 Å². The van der Waals surface area contributed by atoms with E-state index in [0.29, 0.717) is 5.56 Å². The van der Waals surface area contributed by atoms with E-state index in [4.69, 9.17) is 4.98 Å². The summed E-state index contributed by atoms with van der Waals surface area (Å²) in [6.07, 6.45) is 2.32. The molecule has 0 radical (unpaired) electrons. The predicted molar refractivity (Wildman–Crippen MR) is 85.1 cm³/mol. The maximum absolute atomic E-state index is 11.4. The Kier molecular flexibility index (Phi) is 4.00. The summed E-state index contributed by atoms with van der Waals surface area (Å²) in [6.45, 7) is 12.6. The molecule has 0 spiro atoms. The quantitative estimate of drug-likeness (QED) is 0.902. The Morgan fingerprint density at radius 1 is 1.33 bits per heavy atom. The number of carboxylic acids is 1. The third kappa shape index (κ3) is 3.74. The van der Waals surface area contributed by atoms with Gasteiger partial charge >= 0.3 is 5.97 Å². The molecule has 2 heterocycles. The summed E-state index contributed by atoms with van der Waals surface area (Å²) in [6, 6.07) is 3.40. The maximum Gasteiger partial charge on any atom is 0.335 e. The van der Waals surface area contributed by atoms with Crippen LogP contribution in [0.1, 0.15) is 63.5 Å². The third-order valence-electron chi connectivity index (χ3n) is 4.05. The number of carbonyl (C=O) groups is 1. The van der Waals surface area contributed by atoms with Crippen LogP contribution in [0.3, 0.4) is 0 Å². The summed E-state index contributed by atoms with van der Waals surface area (Å²) in [5.41, 5.74) is 1.25. The number of hydrogen-bond acceptors (Lipinski definition) is 3. The lowest BCUT2D eigenvalue weighted by Gasteiger charge is -2.39. The van der Waals surface area contributed by atoms with E-state index in [2.05, 4.69) is 39.5 Å². The second-order valence-electron chi connectivity index (χ2n) is 7.84. The molecule has 1 fully saturated rings. The van der Waals surface area contributed by atoms with E-state index >= 15 is 0 Å². The molecule has 4 heteroatoms. The molecule has 0 amide bonds. The minimum Gasteiger partial charge on any atom is -0.478 e. The van der Waals surface area contributed by atoms with Crippen LogP contribution in [0.25, 0.3) is 0 Å². The molecule has 1 aromatic rings. The van der Waals surface area contributed by atoms with E-state index in [1.807, 2.05) is 0 Å². The van der Waals surface area contributed by atoms with Gasteiger partial charge in [0.1, 0.15) is 5.82 Å². The molecule has 4 nitrogen and oxygen atoms in total. The highest BCUT2D eigenvalue weighted by atomic mass is 16.4. The monoisotopic (exact) mass is 290 g/mol. The lowest BCUT2D eigenvalue weighted by atomic mass is 9.84. The molecule has 2 rings (SSSR count). The highest BCUT2D eigenvalue weighted by Gasteiger charge is 2.28. The van der Waals surface area contributed by atoms with E-state index in [1.54, 1.807) is 12.1 Å². The average molecular weight is 290 g/mol. The normalized spacial score (nSPS) is 18.6. The van der Waals surface area contributed by atoms with Crippen molar-refractivity contribution in [2.45, 2.75) is 52.9 Å². The lowest BCUT2D eigenvalue weighted by molar-refractivity contribution is 0.0696. The Morgan fingerprint density at radius 2 is 2.00 bits per heavy atom. The number of piperidine rings is 1. The van der Waals surface area contributed by atoms with Gasteiger partial charge in [-0.1, -0.05) is 34.6 Å². The van der Waals surface area contributed by atoms with Crippen molar-refractivity contribution in [1.29, 1.82) is 0 Å². The summed E-state index contributed by atoms with van der Waals surface area (Å²) >= 11 is 0. The van der Waals surface area contributed by atoms with Gasteiger partial charge < -0.3 is 10.0 Å². The third-order valence-corrected chi connectivity index (χ3v) is 4.05. The van der Waals surface area contributed by atoms with E-state index in [0.717, 1.165) is 31.0 Å².